The maximum atomic E-state index is 12.9. The molecule has 0 aliphatic carbocycles. The fraction of sp³-hybridized carbons (Fsp3) is 0.429. The van der Waals surface area contributed by atoms with E-state index < -0.39 is 9.84 Å². The predicted octanol–water partition coefficient (Wildman–Crippen LogP) is 1.97. The second kappa shape index (κ2) is 9.56. The van der Waals surface area contributed by atoms with Gasteiger partial charge in [-0.05, 0) is 31.4 Å². The van der Waals surface area contributed by atoms with E-state index in [9.17, 15) is 18.0 Å². The van der Waals surface area contributed by atoms with Gasteiger partial charge in [-0.2, -0.15) is 0 Å². The third-order valence-electron chi connectivity index (χ3n) is 5.61. The fourth-order valence-corrected chi connectivity index (χ4v) is 6.38. The zero-order chi connectivity index (χ0) is 23.6. The van der Waals surface area contributed by atoms with Crippen molar-refractivity contribution >= 4 is 33.2 Å². The van der Waals surface area contributed by atoms with E-state index in [1.54, 1.807) is 18.7 Å². The van der Waals surface area contributed by atoms with Gasteiger partial charge in [0.15, 0.2) is 9.84 Å². The molecule has 0 spiro atoms. The maximum absolute atomic E-state index is 12.9. The quantitative estimate of drug-likeness (QED) is 0.474. The number of thioether (sulfide) groups is 1. The Morgan fingerprint density at radius 2 is 2.03 bits per heavy atom. The van der Waals surface area contributed by atoms with Gasteiger partial charge >= 0.3 is 0 Å². The minimum absolute atomic E-state index is 0.00752. The normalized spacial score (nSPS) is 17.3. The van der Waals surface area contributed by atoms with E-state index in [1.165, 1.54) is 16.4 Å². The van der Waals surface area contributed by atoms with Crippen molar-refractivity contribution in [3.05, 3.63) is 52.3 Å². The molecule has 1 aliphatic rings. The zero-order valence-corrected chi connectivity index (χ0v) is 20.0. The number of amides is 1. The lowest BCUT2D eigenvalue weighted by atomic mass is 10.1. The second-order valence-electron chi connectivity index (χ2n) is 8.02. The van der Waals surface area contributed by atoms with Crippen molar-refractivity contribution in [1.82, 2.24) is 19.6 Å². The van der Waals surface area contributed by atoms with Crippen LogP contribution in [0.15, 0.2) is 44.8 Å². The van der Waals surface area contributed by atoms with Gasteiger partial charge in [-0.25, -0.2) is 13.1 Å². The van der Waals surface area contributed by atoms with Gasteiger partial charge in [-0.3, -0.25) is 14.3 Å². The van der Waals surface area contributed by atoms with Crippen molar-refractivity contribution in [2.75, 3.05) is 22.6 Å². The molecule has 1 aromatic carbocycles. The van der Waals surface area contributed by atoms with Crippen molar-refractivity contribution in [1.29, 1.82) is 0 Å². The van der Waals surface area contributed by atoms with Crippen molar-refractivity contribution in [3.63, 3.8) is 0 Å². The Hall–Kier alpha value is -2.86. The molecule has 1 N–H and O–H groups in total. The van der Waals surface area contributed by atoms with Crippen LogP contribution in [0.4, 0.5) is 5.69 Å². The Morgan fingerprint density at radius 1 is 1.27 bits per heavy atom. The minimum Gasteiger partial charge on any atom is -0.416 e. The number of carbonyl (C=O) groups excluding carboxylic acids is 1. The van der Waals surface area contributed by atoms with E-state index in [1.807, 2.05) is 30.3 Å². The molecule has 0 bridgehead atoms. The van der Waals surface area contributed by atoms with Crippen LogP contribution in [0, 0.1) is 12.8 Å². The maximum Gasteiger partial charge on any atom is 0.295 e. The molecule has 2 aromatic heterocycles. The fourth-order valence-electron chi connectivity index (χ4n) is 3.80. The number of sulfone groups is 1. The van der Waals surface area contributed by atoms with Crippen molar-refractivity contribution in [3.8, 4) is 5.69 Å². The highest BCUT2D eigenvalue weighted by atomic mass is 32.2. The van der Waals surface area contributed by atoms with Crippen molar-refractivity contribution in [2.24, 2.45) is 13.0 Å². The first-order chi connectivity index (χ1) is 15.7. The number of benzene rings is 1. The van der Waals surface area contributed by atoms with E-state index >= 15 is 0 Å². The van der Waals surface area contributed by atoms with Crippen molar-refractivity contribution in [2.45, 2.75) is 31.4 Å². The summed E-state index contributed by atoms with van der Waals surface area (Å²) in [5.74, 6) is 0.884. The molecule has 1 saturated heterocycles. The number of para-hydroxylation sites is 1. The van der Waals surface area contributed by atoms with Crippen LogP contribution in [-0.4, -0.2) is 51.1 Å². The average molecular weight is 492 g/mol. The monoisotopic (exact) mass is 491 g/mol. The van der Waals surface area contributed by atoms with Crippen LogP contribution in [0.1, 0.15) is 24.4 Å². The summed E-state index contributed by atoms with van der Waals surface area (Å²) < 4.78 is 31.9. The lowest BCUT2D eigenvalue weighted by Crippen LogP contribution is -2.23. The second-order valence-corrected chi connectivity index (χ2v) is 11.3. The van der Waals surface area contributed by atoms with Crippen LogP contribution in [0.3, 0.4) is 0 Å². The molecule has 1 aliphatic heterocycles. The van der Waals surface area contributed by atoms with Gasteiger partial charge in [-0.15, -0.1) is 10.2 Å². The summed E-state index contributed by atoms with van der Waals surface area (Å²) in [6.45, 7) is 1.78. The molecule has 0 unspecified atom stereocenters. The predicted molar refractivity (Wildman–Crippen MR) is 124 cm³/mol. The van der Waals surface area contributed by atoms with Crippen LogP contribution >= 0.6 is 11.8 Å². The summed E-state index contributed by atoms with van der Waals surface area (Å²) in [6.07, 6.45) is 1.20. The minimum atomic E-state index is -2.95. The zero-order valence-electron chi connectivity index (χ0n) is 18.4. The van der Waals surface area contributed by atoms with Crippen LogP contribution in [-0.2, 0) is 28.1 Å². The van der Waals surface area contributed by atoms with E-state index in [4.69, 9.17) is 4.42 Å². The molecule has 12 heteroatoms. The summed E-state index contributed by atoms with van der Waals surface area (Å²) in [6, 6.07) is 9.22. The van der Waals surface area contributed by atoms with Crippen LogP contribution in [0.5, 0.6) is 0 Å². The highest BCUT2D eigenvalue weighted by molar-refractivity contribution is 7.99. The molecule has 4 rings (SSSR count). The number of rotatable bonds is 8. The molecule has 1 amide bonds. The van der Waals surface area contributed by atoms with Crippen molar-refractivity contribution < 1.29 is 17.6 Å². The van der Waals surface area contributed by atoms with E-state index in [0.717, 1.165) is 0 Å². The summed E-state index contributed by atoms with van der Waals surface area (Å²) in [7, 11) is -1.18. The number of carbonyl (C=O) groups is 1. The molecule has 1 atom stereocenters. The third kappa shape index (κ3) is 5.38. The molecular formula is C21H25N5O5S2. The van der Waals surface area contributed by atoms with E-state index in [-0.39, 0.29) is 41.0 Å². The van der Waals surface area contributed by atoms with Gasteiger partial charge in [0.2, 0.25) is 11.8 Å². The lowest BCUT2D eigenvalue weighted by Gasteiger charge is -2.07. The molecule has 3 heterocycles. The number of anilines is 1. The number of nitrogens with zero attached hydrogens (tertiary/aromatic N) is 4. The van der Waals surface area contributed by atoms with Gasteiger partial charge in [-0.1, -0.05) is 30.0 Å². The molecular weight excluding hydrogens is 466 g/mol. The Labute approximate surface area is 195 Å². The summed E-state index contributed by atoms with van der Waals surface area (Å²) in [5.41, 5.74) is 1.33. The van der Waals surface area contributed by atoms with Crippen LogP contribution < -0.4 is 10.9 Å². The first kappa shape index (κ1) is 23.3. The summed E-state index contributed by atoms with van der Waals surface area (Å²) in [4.78, 5) is 25.3. The summed E-state index contributed by atoms with van der Waals surface area (Å²) >= 11 is 1.24. The molecule has 176 valence electrons. The number of hydrogen-bond acceptors (Lipinski definition) is 8. The van der Waals surface area contributed by atoms with Gasteiger partial charge in [0.1, 0.15) is 5.69 Å². The van der Waals surface area contributed by atoms with Crippen LogP contribution in [0.25, 0.3) is 5.69 Å². The Kier molecular flexibility index (Phi) is 6.75. The van der Waals surface area contributed by atoms with Crippen LogP contribution in [0.2, 0.25) is 0 Å². The highest BCUT2D eigenvalue weighted by Gasteiger charge is 2.29. The Balaban J connectivity index is 1.31. The molecule has 0 radical (unpaired) electrons. The first-order valence-electron chi connectivity index (χ1n) is 10.5. The molecule has 33 heavy (non-hydrogen) atoms. The molecule has 0 saturated carbocycles. The van der Waals surface area contributed by atoms with E-state index in [0.29, 0.717) is 41.1 Å². The number of nitrogens with one attached hydrogen (secondary N) is 1. The Bertz CT molecular complexity index is 1310. The smallest absolute Gasteiger partial charge is 0.295 e. The standard InChI is InChI=1S/C21H25N5O5S2/c1-14-19(20(28)26(25(14)2)16-6-4-3-5-7-16)22-17(27)8-10-32-21-24-23-18(31-21)12-15-9-11-33(29,30)13-15/h3-7,15H,8-13H2,1-2H3,(H,22,27)/t15-/m0/s1. The van der Waals surface area contributed by atoms with Gasteiger partial charge < -0.3 is 9.73 Å². The first-order valence-corrected chi connectivity index (χ1v) is 13.3. The van der Waals surface area contributed by atoms with E-state index in [2.05, 4.69) is 15.5 Å². The topological polar surface area (TPSA) is 129 Å². The third-order valence-corrected chi connectivity index (χ3v) is 8.27. The average Bonchev–Trinajstić information content (AvgIpc) is 3.42. The molecule has 10 nitrogen and oxygen atoms in total. The largest absolute Gasteiger partial charge is 0.416 e. The number of hydrogen-bond donors (Lipinski definition) is 1. The van der Waals surface area contributed by atoms with Gasteiger partial charge in [0.25, 0.3) is 10.8 Å². The lowest BCUT2D eigenvalue weighted by molar-refractivity contribution is -0.115. The molecule has 1 fully saturated rings. The SMILES string of the molecule is Cc1c(NC(=O)CCSc2nnc(C[C@@H]3CCS(=O)(=O)C3)o2)c(=O)n(-c2ccccc2)n1C. The number of aromatic nitrogens is 4. The van der Waals surface area contributed by atoms with Gasteiger partial charge in [0.05, 0.1) is 22.9 Å². The summed E-state index contributed by atoms with van der Waals surface area (Å²) in [5, 5.41) is 11.0. The molecule has 3 aromatic rings. The highest BCUT2D eigenvalue weighted by Crippen LogP contribution is 2.24. The van der Waals surface area contributed by atoms with Gasteiger partial charge in [0, 0.05) is 25.6 Å². The Morgan fingerprint density at radius 3 is 2.73 bits per heavy atom.